The molecule has 0 radical (unpaired) electrons. The van der Waals surface area contributed by atoms with Gasteiger partial charge in [0.05, 0.1) is 18.3 Å². The van der Waals surface area contributed by atoms with E-state index in [0.29, 0.717) is 6.54 Å². The Morgan fingerprint density at radius 1 is 1.30 bits per heavy atom. The number of rotatable bonds is 5. The highest BCUT2D eigenvalue weighted by atomic mass is 19.1. The lowest BCUT2D eigenvalue weighted by atomic mass is 10.2. The van der Waals surface area contributed by atoms with Crippen molar-refractivity contribution in [2.45, 2.75) is 6.54 Å². The molecule has 0 aliphatic rings. The standard InChI is InChI=1S/C18H13FN8/c19-15-3-1-2-12(6-15)11-27-17-5-4-16(7-13(17)10-22-27)21-9-14(8-20)18-23-25-26-24-18/h1-7,9-10,21H,11H2,(H,23,24,25,26). The molecule has 2 heterocycles. The number of aromatic nitrogens is 6. The van der Waals surface area contributed by atoms with Gasteiger partial charge in [-0.05, 0) is 41.1 Å². The Labute approximate surface area is 152 Å². The van der Waals surface area contributed by atoms with Gasteiger partial charge in [0, 0.05) is 17.3 Å². The quantitative estimate of drug-likeness (QED) is 0.530. The van der Waals surface area contributed by atoms with E-state index in [1.807, 2.05) is 35.0 Å². The summed E-state index contributed by atoms with van der Waals surface area (Å²) in [5, 5.41) is 30.8. The molecule has 9 heteroatoms. The SMILES string of the molecule is N#CC(=CNc1ccc2c(cnn2Cc2cccc(F)c2)c1)c1nn[nH]n1. The summed E-state index contributed by atoms with van der Waals surface area (Å²) in [6, 6.07) is 14.2. The third-order valence-electron chi connectivity index (χ3n) is 3.95. The second kappa shape index (κ2) is 7.05. The number of nitrogens with one attached hydrogen (secondary N) is 2. The third kappa shape index (κ3) is 3.50. The first-order valence-electron chi connectivity index (χ1n) is 8.03. The lowest BCUT2D eigenvalue weighted by Crippen LogP contribution is -2.01. The first-order chi connectivity index (χ1) is 13.2. The maximum Gasteiger partial charge on any atom is 0.216 e. The van der Waals surface area contributed by atoms with E-state index in [9.17, 15) is 9.65 Å². The molecule has 0 atom stereocenters. The van der Waals surface area contributed by atoms with E-state index in [1.165, 1.54) is 18.3 Å². The van der Waals surface area contributed by atoms with Gasteiger partial charge in [0.15, 0.2) is 0 Å². The van der Waals surface area contributed by atoms with Gasteiger partial charge in [-0.1, -0.05) is 12.1 Å². The Morgan fingerprint density at radius 2 is 2.22 bits per heavy atom. The number of anilines is 1. The summed E-state index contributed by atoms with van der Waals surface area (Å²) >= 11 is 0. The predicted octanol–water partition coefficient (Wildman–Crippen LogP) is 2.71. The van der Waals surface area contributed by atoms with Gasteiger partial charge in [0.25, 0.3) is 0 Å². The molecule has 0 aliphatic heterocycles. The van der Waals surface area contributed by atoms with Crippen LogP contribution in [0.2, 0.25) is 0 Å². The number of aromatic amines is 1. The smallest absolute Gasteiger partial charge is 0.216 e. The molecule has 0 unspecified atom stereocenters. The van der Waals surface area contributed by atoms with E-state index in [0.717, 1.165) is 22.2 Å². The molecular formula is C18H13FN8. The number of allylic oxidation sites excluding steroid dienone is 1. The highest BCUT2D eigenvalue weighted by molar-refractivity contribution is 5.83. The van der Waals surface area contributed by atoms with Crippen molar-refractivity contribution in [3.8, 4) is 6.07 Å². The Hall–Kier alpha value is -4.06. The third-order valence-corrected chi connectivity index (χ3v) is 3.95. The lowest BCUT2D eigenvalue weighted by Gasteiger charge is -2.05. The zero-order chi connectivity index (χ0) is 18.6. The van der Waals surface area contributed by atoms with E-state index in [4.69, 9.17) is 0 Å². The Balaban J connectivity index is 1.56. The molecule has 132 valence electrons. The van der Waals surface area contributed by atoms with Crippen LogP contribution in [0, 0.1) is 17.1 Å². The summed E-state index contributed by atoms with van der Waals surface area (Å²) in [6.07, 6.45) is 3.26. The van der Waals surface area contributed by atoms with Crippen LogP contribution in [0.15, 0.2) is 54.9 Å². The Morgan fingerprint density at radius 3 is 3.00 bits per heavy atom. The number of hydrogen-bond acceptors (Lipinski definition) is 6. The molecule has 0 saturated carbocycles. The second-order valence-corrected chi connectivity index (χ2v) is 5.76. The molecule has 2 aromatic heterocycles. The molecule has 27 heavy (non-hydrogen) atoms. The number of nitrogens with zero attached hydrogens (tertiary/aromatic N) is 6. The molecule has 2 N–H and O–H groups in total. The van der Waals surface area contributed by atoms with Gasteiger partial charge in [0.1, 0.15) is 17.5 Å². The van der Waals surface area contributed by atoms with Crippen molar-refractivity contribution >= 4 is 22.2 Å². The van der Waals surface area contributed by atoms with Crippen molar-refractivity contribution in [3.63, 3.8) is 0 Å². The zero-order valence-corrected chi connectivity index (χ0v) is 14.0. The van der Waals surface area contributed by atoms with Crippen LogP contribution in [0.1, 0.15) is 11.4 Å². The van der Waals surface area contributed by atoms with Crippen LogP contribution < -0.4 is 5.32 Å². The topological polar surface area (TPSA) is 108 Å². The summed E-state index contributed by atoms with van der Waals surface area (Å²) < 4.78 is 15.2. The molecular weight excluding hydrogens is 347 g/mol. The van der Waals surface area contributed by atoms with Gasteiger partial charge in [0.2, 0.25) is 5.82 Å². The normalized spacial score (nSPS) is 11.5. The number of halogens is 1. The number of nitriles is 1. The average Bonchev–Trinajstić information content (AvgIpc) is 3.33. The average molecular weight is 360 g/mol. The summed E-state index contributed by atoms with van der Waals surface area (Å²) in [6.45, 7) is 0.477. The monoisotopic (exact) mass is 360 g/mol. The van der Waals surface area contributed by atoms with Crippen LogP contribution in [0.25, 0.3) is 16.5 Å². The van der Waals surface area contributed by atoms with Crippen LogP contribution in [0.4, 0.5) is 10.1 Å². The summed E-state index contributed by atoms with van der Waals surface area (Å²) in [5.74, 6) is -0.0499. The summed E-state index contributed by atoms with van der Waals surface area (Å²) in [4.78, 5) is 0. The first kappa shape index (κ1) is 16.4. The van der Waals surface area contributed by atoms with Crippen molar-refractivity contribution in [2.24, 2.45) is 0 Å². The van der Waals surface area contributed by atoms with Gasteiger partial charge in [-0.25, -0.2) is 4.39 Å². The van der Waals surface area contributed by atoms with Crippen molar-refractivity contribution in [1.82, 2.24) is 30.4 Å². The number of benzene rings is 2. The van der Waals surface area contributed by atoms with Crippen LogP contribution in [0.3, 0.4) is 0 Å². The van der Waals surface area contributed by atoms with Crippen LogP contribution in [0.5, 0.6) is 0 Å². The summed E-state index contributed by atoms with van der Waals surface area (Å²) in [7, 11) is 0. The minimum absolute atomic E-state index is 0.217. The maximum atomic E-state index is 13.4. The van der Waals surface area contributed by atoms with Gasteiger partial charge >= 0.3 is 0 Å². The van der Waals surface area contributed by atoms with E-state index < -0.39 is 0 Å². The van der Waals surface area contributed by atoms with Crippen molar-refractivity contribution < 1.29 is 4.39 Å². The fourth-order valence-electron chi connectivity index (χ4n) is 2.69. The number of H-pyrrole nitrogens is 1. The molecule has 2 aromatic carbocycles. The minimum Gasteiger partial charge on any atom is -0.360 e. The Kier molecular flexibility index (Phi) is 4.29. The van der Waals surface area contributed by atoms with Crippen LogP contribution in [-0.4, -0.2) is 30.4 Å². The van der Waals surface area contributed by atoms with Crippen LogP contribution >= 0.6 is 0 Å². The molecule has 4 aromatic rings. The highest BCUT2D eigenvalue weighted by Crippen LogP contribution is 2.21. The molecule has 0 bridgehead atoms. The van der Waals surface area contributed by atoms with E-state index in [2.05, 4.69) is 31.0 Å². The van der Waals surface area contributed by atoms with Gasteiger partial charge in [-0.2, -0.15) is 15.6 Å². The molecule has 0 amide bonds. The van der Waals surface area contributed by atoms with E-state index in [1.54, 1.807) is 12.3 Å². The lowest BCUT2D eigenvalue weighted by molar-refractivity contribution is 0.621. The highest BCUT2D eigenvalue weighted by Gasteiger charge is 2.07. The van der Waals surface area contributed by atoms with E-state index >= 15 is 0 Å². The van der Waals surface area contributed by atoms with E-state index in [-0.39, 0.29) is 17.2 Å². The van der Waals surface area contributed by atoms with Crippen molar-refractivity contribution in [2.75, 3.05) is 5.32 Å². The Bertz CT molecular complexity index is 1150. The molecule has 4 rings (SSSR count). The fraction of sp³-hybridized carbons (Fsp3) is 0.0556. The van der Waals surface area contributed by atoms with Crippen molar-refractivity contribution in [3.05, 3.63) is 72.1 Å². The maximum absolute atomic E-state index is 13.4. The largest absolute Gasteiger partial charge is 0.360 e. The predicted molar refractivity (Wildman–Crippen MR) is 96.6 cm³/mol. The molecule has 0 aliphatic carbocycles. The summed E-state index contributed by atoms with van der Waals surface area (Å²) in [5.41, 5.74) is 2.80. The fourth-order valence-corrected chi connectivity index (χ4v) is 2.69. The number of hydrogen-bond donors (Lipinski definition) is 2. The van der Waals surface area contributed by atoms with Gasteiger partial charge < -0.3 is 5.32 Å². The molecule has 0 fully saturated rings. The zero-order valence-electron chi connectivity index (χ0n) is 14.0. The van der Waals surface area contributed by atoms with Crippen LogP contribution in [-0.2, 0) is 6.54 Å². The van der Waals surface area contributed by atoms with Gasteiger partial charge in [-0.3, -0.25) is 4.68 Å². The molecule has 8 nitrogen and oxygen atoms in total. The van der Waals surface area contributed by atoms with Gasteiger partial charge in [-0.15, -0.1) is 10.2 Å². The molecule has 0 spiro atoms. The first-order valence-corrected chi connectivity index (χ1v) is 8.03. The number of tetrazole rings is 1. The number of fused-ring (bicyclic) bond motifs is 1. The minimum atomic E-state index is -0.267. The molecule has 0 saturated heterocycles. The van der Waals surface area contributed by atoms with Crippen molar-refractivity contribution in [1.29, 1.82) is 5.26 Å². The second-order valence-electron chi connectivity index (χ2n) is 5.76.